The summed E-state index contributed by atoms with van der Waals surface area (Å²) in [4.78, 5) is 11.2. The SMILES string of the molecule is N#CN1Cc2nc(NC3CCOCC3)nc(-c3ccccc3)c2C1. The zero-order chi connectivity index (χ0) is 16.4. The average molecular weight is 321 g/mol. The van der Waals surface area contributed by atoms with Gasteiger partial charge in [-0.3, -0.25) is 0 Å². The molecule has 4 rings (SSSR count). The largest absolute Gasteiger partial charge is 0.381 e. The zero-order valence-electron chi connectivity index (χ0n) is 13.4. The number of benzene rings is 1. The van der Waals surface area contributed by atoms with Crippen LogP contribution in [-0.2, 0) is 17.8 Å². The van der Waals surface area contributed by atoms with Crippen molar-refractivity contribution in [2.75, 3.05) is 18.5 Å². The number of nitriles is 1. The highest BCUT2D eigenvalue weighted by Gasteiger charge is 2.26. The minimum atomic E-state index is 0.342. The fourth-order valence-electron chi connectivity index (χ4n) is 3.25. The second-order valence-corrected chi connectivity index (χ2v) is 6.17. The normalized spacial score (nSPS) is 17.4. The monoisotopic (exact) mass is 321 g/mol. The second kappa shape index (κ2) is 6.46. The van der Waals surface area contributed by atoms with Crippen LogP contribution in [0.15, 0.2) is 30.3 Å². The maximum Gasteiger partial charge on any atom is 0.223 e. The predicted molar refractivity (Wildman–Crippen MR) is 89.8 cm³/mol. The van der Waals surface area contributed by atoms with Gasteiger partial charge < -0.3 is 15.0 Å². The van der Waals surface area contributed by atoms with E-state index in [0.29, 0.717) is 25.1 Å². The van der Waals surface area contributed by atoms with Crippen molar-refractivity contribution in [1.82, 2.24) is 14.9 Å². The first kappa shape index (κ1) is 14.9. The number of nitrogens with zero attached hydrogens (tertiary/aromatic N) is 4. The summed E-state index contributed by atoms with van der Waals surface area (Å²) in [5, 5.41) is 12.7. The molecule has 2 aromatic rings. The van der Waals surface area contributed by atoms with Gasteiger partial charge in [-0.2, -0.15) is 5.26 Å². The number of nitrogens with one attached hydrogen (secondary N) is 1. The van der Waals surface area contributed by atoms with E-state index in [1.165, 1.54) is 0 Å². The van der Waals surface area contributed by atoms with E-state index < -0.39 is 0 Å². The van der Waals surface area contributed by atoms with Crippen LogP contribution in [0.3, 0.4) is 0 Å². The van der Waals surface area contributed by atoms with Gasteiger partial charge in [-0.05, 0) is 12.8 Å². The van der Waals surface area contributed by atoms with Gasteiger partial charge in [-0.15, -0.1) is 0 Å². The van der Waals surface area contributed by atoms with Gasteiger partial charge in [0, 0.05) is 30.4 Å². The summed E-state index contributed by atoms with van der Waals surface area (Å²) < 4.78 is 5.41. The van der Waals surface area contributed by atoms with Crippen molar-refractivity contribution in [2.45, 2.75) is 32.0 Å². The van der Waals surface area contributed by atoms with Crippen LogP contribution in [0.2, 0.25) is 0 Å². The van der Waals surface area contributed by atoms with Gasteiger partial charge in [0.25, 0.3) is 0 Å². The minimum absolute atomic E-state index is 0.342. The Kier molecular flexibility index (Phi) is 4.01. The van der Waals surface area contributed by atoms with E-state index in [2.05, 4.69) is 28.6 Å². The fourth-order valence-corrected chi connectivity index (χ4v) is 3.25. The van der Waals surface area contributed by atoms with E-state index in [9.17, 15) is 5.26 Å². The molecule has 0 atom stereocenters. The standard InChI is InChI=1S/C18H19N5O/c19-12-23-10-15-16(11-23)21-18(20-14-6-8-24-9-7-14)22-17(15)13-4-2-1-3-5-13/h1-5,14H,6-11H2,(H,20,21,22). The Labute approximate surface area is 141 Å². The molecule has 1 N–H and O–H groups in total. The lowest BCUT2D eigenvalue weighted by atomic mass is 10.1. The molecule has 0 saturated carbocycles. The highest BCUT2D eigenvalue weighted by molar-refractivity contribution is 5.66. The number of fused-ring (bicyclic) bond motifs is 1. The van der Waals surface area contributed by atoms with Crippen LogP contribution >= 0.6 is 0 Å². The van der Waals surface area contributed by atoms with Crippen molar-refractivity contribution in [2.24, 2.45) is 0 Å². The number of hydrogen-bond donors (Lipinski definition) is 1. The number of aromatic nitrogens is 2. The molecule has 0 radical (unpaired) electrons. The molecule has 1 aromatic heterocycles. The van der Waals surface area contributed by atoms with E-state index in [4.69, 9.17) is 9.72 Å². The van der Waals surface area contributed by atoms with Crippen LogP contribution in [-0.4, -0.2) is 34.1 Å². The molecule has 0 bridgehead atoms. The predicted octanol–water partition coefficient (Wildman–Crippen LogP) is 2.53. The van der Waals surface area contributed by atoms with E-state index in [1.54, 1.807) is 4.90 Å². The number of hydrogen-bond acceptors (Lipinski definition) is 6. The average Bonchev–Trinajstić information content (AvgIpc) is 3.06. The Morgan fingerprint density at radius 3 is 2.67 bits per heavy atom. The molecule has 0 aliphatic carbocycles. The topological polar surface area (TPSA) is 74.1 Å². The van der Waals surface area contributed by atoms with Crippen LogP contribution in [0.1, 0.15) is 24.1 Å². The highest BCUT2D eigenvalue weighted by atomic mass is 16.5. The Hall–Kier alpha value is -2.65. The van der Waals surface area contributed by atoms with Crippen LogP contribution in [0.4, 0.5) is 5.95 Å². The fraction of sp³-hybridized carbons (Fsp3) is 0.389. The van der Waals surface area contributed by atoms with Crippen molar-refractivity contribution in [3.63, 3.8) is 0 Å². The molecule has 6 heteroatoms. The van der Waals surface area contributed by atoms with Crippen molar-refractivity contribution in [3.8, 4) is 17.5 Å². The van der Waals surface area contributed by atoms with E-state index in [0.717, 1.165) is 48.6 Å². The van der Waals surface area contributed by atoms with Crippen molar-refractivity contribution < 1.29 is 4.74 Å². The molecule has 1 aromatic carbocycles. The summed E-state index contributed by atoms with van der Waals surface area (Å²) in [6.07, 6.45) is 4.15. The lowest BCUT2D eigenvalue weighted by molar-refractivity contribution is 0.0903. The maximum absolute atomic E-state index is 9.23. The van der Waals surface area contributed by atoms with Crippen LogP contribution < -0.4 is 5.32 Å². The van der Waals surface area contributed by atoms with Gasteiger partial charge in [0.1, 0.15) is 0 Å². The summed E-state index contributed by atoms with van der Waals surface area (Å²) in [5.41, 5.74) is 3.99. The van der Waals surface area contributed by atoms with Crippen LogP contribution in [0, 0.1) is 11.5 Å². The van der Waals surface area contributed by atoms with E-state index in [-0.39, 0.29) is 0 Å². The molecule has 2 aliphatic rings. The molecule has 6 nitrogen and oxygen atoms in total. The minimum Gasteiger partial charge on any atom is -0.381 e. The Morgan fingerprint density at radius 2 is 1.92 bits per heavy atom. The second-order valence-electron chi connectivity index (χ2n) is 6.17. The van der Waals surface area contributed by atoms with Crippen molar-refractivity contribution >= 4 is 5.95 Å². The lowest BCUT2D eigenvalue weighted by Crippen LogP contribution is -2.29. The number of ether oxygens (including phenoxy) is 1. The zero-order valence-corrected chi connectivity index (χ0v) is 13.4. The first-order valence-corrected chi connectivity index (χ1v) is 8.27. The molecular weight excluding hydrogens is 302 g/mol. The summed E-state index contributed by atoms with van der Waals surface area (Å²) in [6, 6.07) is 10.5. The molecule has 3 heterocycles. The third kappa shape index (κ3) is 2.91. The van der Waals surface area contributed by atoms with Gasteiger partial charge in [-0.25, -0.2) is 9.97 Å². The molecule has 1 saturated heterocycles. The smallest absolute Gasteiger partial charge is 0.223 e. The third-order valence-corrected chi connectivity index (χ3v) is 4.53. The Bertz CT molecular complexity index is 765. The van der Waals surface area contributed by atoms with Gasteiger partial charge in [0.05, 0.1) is 24.5 Å². The van der Waals surface area contributed by atoms with Crippen molar-refractivity contribution in [3.05, 3.63) is 41.6 Å². The third-order valence-electron chi connectivity index (χ3n) is 4.53. The number of rotatable bonds is 3. The molecule has 0 amide bonds. The number of anilines is 1. The van der Waals surface area contributed by atoms with Gasteiger partial charge in [-0.1, -0.05) is 30.3 Å². The van der Waals surface area contributed by atoms with Gasteiger partial charge >= 0.3 is 0 Å². The van der Waals surface area contributed by atoms with Crippen LogP contribution in [0.25, 0.3) is 11.3 Å². The molecule has 0 spiro atoms. The highest BCUT2D eigenvalue weighted by Crippen LogP contribution is 2.31. The van der Waals surface area contributed by atoms with Crippen molar-refractivity contribution in [1.29, 1.82) is 5.26 Å². The molecule has 24 heavy (non-hydrogen) atoms. The molecule has 122 valence electrons. The molecule has 2 aliphatic heterocycles. The lowest BCUT2D eigenvalue weighted by Gasteiger charge is -2.23. The van der Waals surface area contributed by atoms with Gasteiger partial charge in [0.15, 0.2) is 6.19 Å². The Morgan fingerprint density at radius 1 is 1.12 bits per heavy atom. The first-order chi connectivity index (χ1) is 11.8. The first-order valence-electron chi connectivity index (χ1n) is 8.27. The molecule has 1 fully saturated rings. The van der Waals surface area contributed by atoms with Gasteiger partial charge in [0.2, 0.25) is 5.95 Å². The molecular formula is C18H19N5O. The summed E-state index contributed by atoms with van der Waals surface area (Å²) in [7, 11) is 0. The summed E-state index contributed by atoms with van der Waals surface area (Å²) in [5.74, 6) is 0.652. The maximum atomic E-state index is 9.23. The van der Waals surface area contributed by atoms with E-state index >= 15 is 0 Å². The van der Waals surface area contributed by atoms with Crippen LogP contribution in [0.5, 0.6) is 0 Å². The summed E-state index contributed by atoms with van der Waals surface area (Å²) >= 11 is 0. The Balaban J connectivity index is 1.70. The van der Waals surface area contributed by atoms with E-state index in [1.807, 2.05) is 18.2 Å². The summed E-state index contributed by atoms with van der Waals surface area (Å²) in [6.45, 7) is 2.68. The molecule has 0 unspecified atom stereocenters. The quantitative estimate of drug-likeness (QED) is 0.876.